The number of carboxylic acid groups (broad SMARTS) is 1. The zero-order valence-electron chi connectivity index (χ0n) is 16.6. The summed E-state index contributed by atoms with van der Waals surface area (Å²) in [6, 6.07) is 2.98. The number of amides is 2. The molecule has 0 spiro atoms. The first-order valence-corrected chi connectivity index (χ1v) is 10.8. The third-order valence-electron chi connectivity index (χ3n) is 6.76. The summed E-state index contributed by atoms with van der Waals surface area (Å²) in [4.78, 5) is 40.5. The molecule has 31 heavy (non-hydrogen) atoms. The highest BCUT2D eigenvalue weighted by atomic mass is 32.1. The van der Waals surface area contributed by atoms with E-state index in [4.69, 9.17) is 0 Å². The zero-order valence-corrected chi connectivity index (χ0v) is 17.5. The van der Waals surface area contributed by atoms with Crippen molar-refractivity contribution in [2.24, 2.45) is 5.92 Å². The van der Waals surface area contributed by atoms with Crippen molar-refractivity contribution in [3.8, 4) is 0 Å². The first kappa shape index (κ1) is 22.0. The summed E-state index contributed by atoms with van der Waals surface area (Å²) in [6.45, 7) is 0.377. The van der Waals surface area contributed by atoms with Gasteiger partial charge in [0.25, 0.3) is 5.91 Å². The lowest BCUT2D eigenvalue weighted by atomic mass is 9.86. The number of carboxylic acids is 1. The molecule has 3 heterocycles. The lowest BCUT2D eigenvalue weighted by Crippen LogP contribution is -2.48. The number of thiol groups is 1. The van der Waals surface area contributed by atoms with Crippen molar-refractivity contribution in [1.82, 2.24) is 9.80 Å². The Morgan fingerprint density at radius 2 is 1.77 bits per heavy atom. The molecule has 0 saturated carbocycles. The van der Waals surface area contributed by atoms with Gasteiger partial charge < -0.3 is 14.9 Å². The Bertz CT molecular complexity index is 892. The minimum atomic E-state index is -4.47. The second-order valence-corrected chi connectivity index (χ2v) is 9.01. The number of carbonyl (C=O) groups excluding carboxylic acids is 2. The van der Waals surface area contributed by atoms with Gasteiger partial charge in [0.1, 0.15) is 6.04 Å². The molecule has 10 heteroatoms. The molecule has 2 amide bonds. The number of rotatable bonds is 4. The van der Waals surface area contributed by atoms with Crippen LogP contribution in [0.1, 0.15) is 48.0 Å². The highest BCUT2D eigenvalue weighted by molar-refractivity contribution is 7.81. The third kappa shape index (κ3) is 3.90. The van der Waals surface area contributed by atoms with E-state index in [0.717, 1.165) is 18.6 Å². The van der Waals surface area contributed by atoms with Crippen LogP contribution in [-0.2, 0) is 15.8 Å². The van der Waals surface area contributed by atoms with Crippen LogP contribution in [0.2, 0.25) is 0 Å². The predicted molar refractivity (Wildman–Crippen MR) is 108 cm³/mol. The summed E-state index contributed by atoms with van der Waals surface area (Å²) < 4.78 is 38.4. The molecule has 0 aromatic heterocycles. The van der Waals surface area contributed by atoms with Crippen LogP contribution in [0.5, 0.6) is 0 Å². The smallest absolute Gasteiger partial charge is 0.416 e. The summed E-state index contributed by atoms with van der Waals surface area (Å²) >= 11 is 4.53. The monoisotopic (exact) mass is 456 g/mol. The molecule has 3 aliphatic heterocycles. The zero-order chi connectivity index (χ0) is 22.5. The molecule has 0 radical (unpaired) electrons. The minimum absolute atomic E-state index is 0.0962. The van der Waals surface area contributed by atoms with Gasteiger partial charge in [-0.05, 0) is 56.4 Å². The van der Waals surface area contributed by atoms with Gasteiger partial charge in [-0.15, -0.1) is 0 Å². The SMILES string of the molecule is O=C(O)C1CCCN1C(=O)C(S)C1CC2CCC1N2C(=O)c1ccc(C(F)(F)F)cc1. The molecule has 5 unspecified atom stereocenters. The number of aliphatic carboxylic acids is 1. The maximum absolute atomic E-state index is 13.1. The number of likely N-dealkylation sites (tertiary alicyclic amines) is 1. The highest BCUT2D eigenvalue weighted by Crippen LogP contribution is 2.45. The molecule has 5 atom stereocenters. The van der Waals surface area contributed by atoms with E-state index in [-0.39, 0.29) is 35.4 Å². The predicted octanol–water partition coefficient (Wildman–Crippen LogP) is 3.07. The summed E-state index contributed by atoms with van der Waals surface area (Å²) in [5, 5.41) is 8.63. The molecule has 2 bridgehead atoms. The molecule has 1 aromatic carbocycles. The Morgan fingerprint density at radius 3 is 2.39 bits per heavy atom. The van der Waals surface area contributed by atoms with Crippen molar-refractivity contribution in [3.05, 3.63) is 35.4 Å². The lowest BCUT2D eigenvalue weighted by molar-refractivity contribution is -0.148. The van der Waals surface area contributed by atoms with Crippen LogP contribution >= 0.6 is 12.6 Å². The van der Waals surface area contributed by atoms with Crippen LogP contribution in [0.25, 0.3) is 0 Å². The van der Waals surface area contributed by atoms with E-state index < -0.39 is 29.0 Å². The van der Waals surface area contributed by atoms with Crippen molar-refractivity contribution in [2.45, 2.75) is 61.7 Å². The Morgan fingerprint density at radius 1 is 1.10 bits per heavy atom. The third-order valence-corrected chi connectivity index (χ3v) is 7.36. The van der Waals surface area contributed by atoms with Gasteiger partial charge in [0.15, 0.2) is 0 Å². The molecule has 4 rings (SSSR count). The van der Waals surface area contributed by atoms with E-state index in [2.05, 4.69) is 12.6 Å². The van der Waals surface area contributed by atoms with Crippen LogP contribution in [0.15, 0.2) is 24.3 Å². The van der Waals surface area contributed by atoms with Gasteiger partial charge in [-0.3, -0.25) is 9.59 Å². The Kier molecular flexibility index (Phi) is 5.70. The average molecular weight is 456 g/mol. The van der Waals surface area contributed by atoms with Crippen LogP contribution in [0.4, 0.5) is 13.2 Å². The fourth-order valence-electron chi connectivity index (χ4n) is 5.28. The van der Waals surface area contributed by atoms with Crippen molar-refractivity contribution in [2.75, 3.05) is 6.54 Å². The molecular formula is C21H23F3N2O4S. The number of benzene rings is 1. The van der Waals surface area contributed by atoms with E-state index in [0.29, 0.717) is 32.2 Å². The van der Waals surface area contributed by atoms with Crippen molar-refractivity contribution < 1.29 is 32.7 Å². The molecule has 0 aliphatic carbocycles. The summed E-state index contributed by atoms with van der Waals surface area (Å²) in [5.41, 5.74) is -0.635. The molecule has 1 aromatic rings. The largest absolute Gasteiger partial charge is 0.480 e. The van der Waals surface area contributed by atoms with Crippen LogP contribution in [0.3, 0.4) is 0 Å². The quantitative estimate of drug-likeness (QED) is 0.683. The number of carbonyl (C=O) groups is 3. The van der Waals surface area contributed by atoms with Crippen LogP contribution in [0, 0.1) is 5.92 Å². The van der Waals surface area contributed by atoms with E-state index in [1.807, 2.05) is 0 Å². The van der Waals surface area contributed by atoms with Gasteiger partial charge in [-0.1, -0.05) is 0 Å². The topological polar surface area (TPSA) is 77.9 Å². The van der Waals surface area contributed by atoms with Crippen molar-refractivity contribution in [3.63, 3.8) is 0 Å². The molecule has 3 aliphatic rings. The standard InChI is InChI=1S/C21H23F3N2O4S/c22-21(23,24)12-5-3-11(4-6-12)18(27)26-13-7-8-15(26)14(10-13)17(31)19(28)25-9-1-2-16(25)20(29)30/h3-6,13-17,31H,1-2,7-10H2,(H,29,30). The van der Waals surface area contributed by atoms with E-state index in [1.165, 1.54) is 17.0 Å². The van der Waals surface area contributed by atoms with Crippen molar-refractivity contribution in [1.29, 1.82) is 0 Å². The fourth-order valence-corrected chi connectivity index (χ4v) is 5.75. The molecule has 3 fully saturated rings. The summed E-state index contributed by atoms with van der Waals surface area (Å²) in [6.07, 6.45) is -1.40. The van der Waals surface area contributed by atoms with Gasteiger partial charge in [0.2, 0.25) is 5.91 Å². The van der Waals surface area contributed by atoms with Gasteiger partial charge in [-0.2, -0.15) is 25.8 Å². The first-order valence-electron chi connectivity index (χ1n) is 10.3. The number of halogens is 3. The molecule has 6 nitrogen and oxygen atoms in total. The van der Waals surface area contributed by atoms with E-state index >= 15 is 0 Å². The van der Waals surface area contributed by atoms with Crippen LogP contribution in [-0.4, -0.2) is 62.6 Å². The molecular weight excluding hydrogens is 433 g/mol. The van der Waals surface area contributed by atoms with Gasteiger partial charge in [-0.25, -0.2) is 4.79 Å². The Hall–Kier alpha value is -2.23. The second kappa shape index (κ2) is 8.03. The van der Waals surface area contributed by atoms with Gasteiger partial charge in [0.05, 0.1) is 10.8 Å². The van der Waals surface area contributed by atoms with Crippen molar-refractivity contribution >= 4 is 30.4 Å². The summed E-state index contributed by atoms with van der Waals surface area (Å²) in [7, 11) is 0. The molecule has 3 saturated heterocycles. The Labute approximate surface area is 182 Å². The highest BCUT2D eigenvalue weighted by Gasteiger charge is 2.52. The van der Waals surface area contributed by atoms with Gasteiger partial charge in [0, 0.05) is 30.1 Å². The lowest BCUT2D eigenvalue weighted by Gasteiger charge is -2.31. The average Bonchev–Trinajstić information content (AvgIpc) is 3.46. The maximum Gasteiger partial charge on any atom is 0.416 e. The Balaban J connectivity index is 1.48. The van der Waals surface area contributed by atoms with E-state index in [9.17, 15) is 32.7 Å². The number of fused-ring (bicyclic) bond motifs is 2. The maximum atomic E-state index is 13.1. The number of hydrogen-bond acceptors (Lipinski definition) is 4. The van der Waals surface area contributed by atoms with Crippen LogP contribution < -0.4 is 0 Å². The van der Waals surface area contributed by atoms with E-state index in [1.54, 1.807) is 4.90 Å². The molecule has 168 valence electrons. The number of nitrogens with zero attached hydrogens (tertiary/aromatic N) is 2. The summed E-state index contributed by atoms with van der Waals surface area (Å²) in [5.74, 6) is -1.92. The fraction of sp³-hybridized carbons (Fsp3) is 0.571. The molecule has 1 N–H and O–H groups in total. The normalized spacial score (nSPS) is 28.8. The number of hydrogen-bond donors (Lipinski definition) is 2. The first-order chi connectivity index (χ1) is 14.6. The van der Waals surface area contributed by atoms with Gasteiger partial charge >= 0.3 is 12.1 Å². The second-order valence-electron chi connectivity index (χ2n) is 8.46. The number of alkyl halides is 3. The minimum Gasteiger partial charge on any atom is -0.480 e.